The molecule has 0 aliphatic heterocycles. The zero-order chi connectivity index (χ0) is 12.4. The molecule has 0 aliphatic rings. The number of carbonyl (C=O) groups excluding carboxylic acids is 2. The molecule has 0 aliphatic carbocycles. The van der Waals surface area contributed by atoms with Crippen LogP contribution in [-0.4, -0.2) is 39.6 Å². The van der Waals surface area contributed by atoms with Crippen LogP contribution in [0.3, 0.4) is 0 Å². The average Bonchev–Trinajstić information content (AvgIpc) is 2.01. The molecule has 86 valence electrons. The quantitative estimate of drug-likeness (QED) is 0.474. The molecule has 2 N–H and O–H groups in total. The van der Waals surface area contributed by atoms with Crippen LogP contribution in [0.5, 0.6) is 0 Å². The zero-order valence-corrected chi connectivity index (χ0v) is 12.9. The van der Waals surface area contributed by atoms with E-state index in [1.165, 1.54) is 0 Å². The van der Waals surface area contributed by atoms with E-state index in [9.17, 15) is 33.4 Å². The predicted octanol–water partition coefficient (Wildman–Crippen LogP) is -9.66. The van der Waals surface area contributed by atoms with E-state index in [4.69, 9.17) is 10.2 Å². The van der Waals surface area contributed by atoms with Crippen LogP contribution < -0.4 is 69.3 Å². The Morgan fingerprint density at radius 1 is 1.06 bits per heavy atom. The second-order valence-corrected chi connectivity index (χ2v) is 2.58. The maximum atomic E-state index is 12.6. The predicted molar refractivity (Wildman–Crippen MR) is 32.2 cm³/mol. The van der Waals surface area contributed by atoms with Gasteiger partial charge in [0.2, 0.25) is 0 Å². The molecule has 11 heteroatoms. The van der Waals surface area contributed by atoms with Gasteiger partial charge in [-0.1, -0.05) is 0 Å². The summed E-state index contributed by atoms with van der Waals surface area (Å²) in [6, 6.07) is 0. The maximum Gasteiger partial charge on any atom is 1.00 e. The number of aliphatic hydroxyl groups is 1. The van der Waals surface area contributed by atoms with Crippen LogP contribution in [-0.2, 0) is 14.4 Å². The van der Waals surface area contributed by atoms with Gasteiger partial charge in [0, 0.05) is 0 Å². The second kappa shape index (κ2) is 7.62. The molecule has 0 bridgehead atoms. The van der Waals surface area contributed by atoms with E-state index in [0.29, 0.717) is 0 Å². The molecule has 0 saturated heterocycles. The minimum Gasteiger partial charge on any atom is -0.547 e. The van der Waals surface area contributed by atoms with Gasteiger partial charge < -0.3 is 30.0 Å². The summed E-state index contributed by atoms with van der Waals surface area (Å²) in [6.45, 7) is 0. The topological polar surface area (TPSA) is 138 Å². The Morgan fingerprint density at radius 2 is 1.41 bits per heavy atom. The number of rotatable bonds is 5. The van der Waals surface area contributed by atoms with Crippen LogP contribution in [0, 0.1) is 0 Å². The van der Waals surface area contributed by atoms with Gasteiger partial charge in [-0.3, -0.25) is 4.79 Å². The summed E-state index contributed by atoms with van der Waals surface area (Å²) in [5, 5.41) is 36.7. The smallest absolute Gasteiger partial charge is 0.547 e. The van der Waals surface area contributed by atoms with Crippen molar-refractivity contribution in [2.24, 2.45) is 0 Å². The van der Waals surface area contributed by atoms with Gasteiger partial charge in [0.1, 0.15) is 5.97 Å². The van der Waals surface area contributed by atoms with Crippen LogP contribution in [0.1, 0.15) is 6.42 Å². The van der Waals surface area contributed by atoms with Gasteiger partial charge in [0.05, 0.1) is 12.4 Å². The number of carbonyl (C=O) groups is 3. The molecule has 0 amide bonds. The first-order valence-electron chi connectivity index (χ1n) is 3.30. The summed E-state index contributed by atoms with van der Waals surface area (Å²) in [7, 11) is 0. The fourth-order valence-electron chi connectivity index (χ4n) is 0.699. The van der Waals surface area contributed by atoms with E-state index in [-0.39, 0.29) is 59.1 Å². The van der Waals surface area contributed by atoms with E-state index in [2.05, 4.69) is 0 Å². The summed E-state index contributed by atoms with van der Waals surface area (Å²) in [4.78, 5) is 30.0. The van der Waals surface area contributed by atoms with Crippen molar-refractivity contribution in [3.63, 3.8) is 0 Å². The SMILES string of the molecule is O=C(O)CC(O)(C(=O)[O-])C(F)(F)C(=O)[O-].[Na+].[Na+]. The third-order valence-corrected chi connectivity index (χ3v) is 1.52. The standard InChI is InChI=1S/C6H6F2O7.2Na/c7-6(8,4(13)14)5(15,3(11)12)1-2(9)10;;/h15H,1H2,(H,9,10)(H,11,12)(H,13,14);;/q;2*+1/p-2. The molecule has 0 heterocycles. The van der Waals surface area contributed by atoms with Gasteiger partial charge in [0.15, 0.2) is 5.60 Å². The minimum absolute atomic E-state index is 0. The molecule has 1 atom stereocenters. The van der Waals surface area contributed by atoms with Gasteiger partial charge in [-0.05, 0) is 0 Å². The van der Waals surface area contributed by atoms with Gasteiger partial charge in [-0.2, -0.15) is 8.78 Å². The molecule has 7 nitrogen and oxygen atoms in total. The molecule has 1 unspecified atom stereocenters. The summed E-state index contributed by atoms with van der Waals surface area (Å²) < 4.78 is 25.2. The molecule has 0 aromatic heterocycles. The largest absolute Gasteiger partial charge is 1.00 e. The number of carboxylic acid groups (broad SMARTS) is 3. The van der Waals surface area contributed by atoms with Crippen molar-refractivity contribution in [2.45, 2.75) is 17.9 Å². The number of alkyl halides is 2. The van der Waals surface area contributed by atoms with Gasteiger partial charge >= 0.3 is 71.0 Å². The van der Waals surface area contributed by atoms with Crippen molar-refractivity contribution in [3.8, 4) is 0 Å². The summed E-state index contributed by atoms with van der Waals surface area (Å²) in [5.41, 5.74) is -4.35. The number of hydrogen-bond donors (Lipinski definition) is 2. The Balaban J connectivity index is -0.000000980. The fraction of sp³-hybridized carbons (Fsp3) is 0.500. The van der Waals surface area contributed by atoms with Crippen molar-refractivity contribution in [1.82, 2.24) is 0 Å². The number of aliphatic carboxylic acids is 3. The van der Waals surface area contributed by atoms with Gasteiger partial charge in [0.25, 0.3) is 0 Å². The molecule has 0 spiro atoms. The van der Waals surface area contributed by atoms with E-state index < -0.39 is 35.9 Å². The number of halogens is 2. The van der Waals surface area contributed by atoms with E-state index in [0.717, 1.165) is 0 Å². The molecule has 0 fully saturated rings. The van der Waals surface area contributed by atoms with Crippen LogP contribution in [0.2, 0.25) is 0 Å². The molecular formula is C6H4F2Na2O7. The molecular weight excluding hydrogens is 268 g/mol. The van der Waals surface area contributed by atoms with Crippen LogP contribution in [0.15, 0.2) is 0 Å². The molecule has 0 aromatic carbocycles. The normalized spacial score (nSPS) is 13.6. The zero-order valence-electron chi connectivity index (χ0n) is 8.90. The molecule has 17 heavy (non-hydrogen) atoms. The van der Waals surface area contributed by atoms with Crippen LogP contribution in [0.25, 0.3) is 0 Å². The monoisotopic (exact) mass is 272 g/mol. The van der Waals surface area contributed by atoms with Crippen molar-refractivity contribution in [2.75, 3.05) is 0 Å². The van der Waals surface area contributed by atoms with E-state index in [1.807, 2.05) is 0 Å². The van der Waals surface area contributed by atoms with E-state index in [1.54, 1.807) is 0 Å². The summed E-state index contributed by atoms with van der Waals surface area (Å²) in [5.74, 6) is -13.5. The first-order valence-corrected chi connectivity index (χ1v) is 3.30. The van der Waals surface area contributed by atoms with Crippen molar-refractivity contribution >= 4 is 17.9 Å². The summed E-state index contributed by atoms with van der Waals surface area (Å²) >= 11 is 0. The average molecular weight is 272 g/mol. The molecule has 0 aromatic rings. The minimum atomic E-state index is -5.27. The molecule has 0 rings (SSSR count). The van der Waals surface area contributed by atoms with E-state index >= 15 is 0 Å². The van der Waals surface area contributed by atoms with Gasteiger partial charge in [-0.15, -0.1) is 0 Å². The number of hydrogen-bond acceptors (Lipinski definition) is 6. The maximum absolute atomic E-state index is 12.6. The van der Waals surface area contributed by atoms with Gasteiger partial charge in [-0.25, -0.2) is 0 Å². The number of carboxylic acids is 3. The van der Waals surface area contributed by atoms with Crippen molar-refractivity contribution in [1.29, 1.82) is 0 Å². The Labute approximate surface area is 137 Å². The second-order valence-electron chi connectivity index (χ2n) is 2.58. The van der Waals surface area contributed by atoms with Crippen molar-refractivity contribution < 1.29 is 103 Å². The molecule has 0 radical (unpaired) electrons. The first-order chi connectivity index (χ1) is 6.55. The summed E-state index contributed by atoms with van der Waals surface area (Å²) in [6.07, 6.45) is -2.03. The van der Waals surface area contributed by atoms with Crippen LogP contribution in [0.4, 0.5) is 8.78 Å². The van der Waals surface area contributed by atoms with Crippen LogP contribution >= 0.6 is 0 Å². The Bertz CT molecular complexity index is 321. The molecule has 0 saturated carbocycles. The third-order valence-electron chi connectivity index (χ3n) is 1.52. The Kier molecular flexibility index (Phi) is 10.0. The first kappa shape index (κ1) is 22.4. The third kappa shape index (κ3) is 4.78. The van der Waals surface area contributed by atoms with Crippen molar-refractivity contribution in [3.05, 3.63) is 0 Å². The fourth-order valence-corrected chi connectivity index (χ4v) is 0.699. The Morgan fingerprint density at radius 3 is 1.59 bits per heavy atom. The Hall–Kier alpha value is 0.230.